The van der Waals surface area contributed by atoms with Gasteiger partial charge in [0.2, 0.25) is 0 Å². The summed E-state index contributed by atoms with van der Waals surface area (Å²) in [6.07, 6.45) is 3.62. The molecule has 0 aliphatic heterocycles. The first kappa shape index (κ1) is 15.0. The Hall–Kier alpha value is -1.35. The van der Waals surface area contributed by atoms with Crippen molar-refractivity contribution in [1.29, 1.82) is 0 Å². The molecule has 0 aromatic heterocycles. The van der Waals surface area contributed by atoms with Gasteiger partial charge < -0.3 is 10.5 Å². The standard InChI is InChI=1S/C17H25NO2/c1-11-7-8-15(12(2)9-11)17(14-5-4-6-14)13(3)20-16(19)10-18/h7-9,13-14,17H,4-6,10,18H2,1-3H3. The summed E-state index contributed by atoms with van der Waals surface area (Å²) in [6, 6.07) is 6.55. The molecule has 0 amide bonds. The van der Waals surface area contributed by atoms with Gasteiger partial charge in [-0.1, -0.05) is 30.2 Å². The normalized spacial score (nSPS) is 18.2. The highest BCUT2D eigenvalue weighted by Gasteiger charge is 2.34. The third kappa shape index (κ3) is 3.21. The number of hydrogen-bond donors (Lipinski definition) is 1. The van der Waals surface area contributed by atoms with Crippen LogP contribution in [0.25, 0.3) is 0 Å². The van der Waals surface area contributed by atoms with Crippen molar-refractivity contribution < 1.29 is 9.53 Å². The molecule has 1 fully saturated rings. The Morgan fingerprint density at radius 3 is 2.60 bits per heavy atom. The number of esters is 1. The van der Waals surface area contributed by atoms with Gasteiger partial charge in [0.1, 0.15) is 6.10 Å². The van der Waals surface area contributed by atoms with Crippen LogP contribution in [0.1, 0.15) is 48.8 Å². The zero-order chi connectivity index (χ0) is 14.7. The molecular formula is C17H25NO2. The molecule has 3 nitrogen and oxygen atoms in total. The number of hydrogen-bond acceptors (Lipinski definition) is 3. The van der Waals surface area contributed by atoms with Gasteiger partial charge >= 0.3 is 5.97 Å². The van der Waals surface area contributed by atoms with E-state index in [4.69, 9.17) is 10.5 Å². The topological polar surface area (TPSA) is 52.3 Å². The summed E-state index contributed by atoms with van der Waals surface area (Å²) in [6.45, 7) is 6.20. The van der Waals surface area contributed by atoms with E-state index in [1.807, 2.05) is 6.92 Å². The van der Waals surface area contributed by atoms with E-state index in [2.05, 4.69) is 32.0 Å². The molecule has 2 N–H and O–H groups in total. The smallest absolute Gasteiger partial charge is 0.319 e. The van der Waals surface area contributed by atoms with Crippen molar-refractivity contribution in [3.05, 3.63) is 34.9 Å². The largest absolute Gasteiger partial charge is 0.461 e. The molecule has 2 unspecified atom stereocenters. The number of nitrogens with two attached hydrogens (primary N) is 1. The van der Waals surface area contributed by atoms with E-state index in [1.165, 1.54) is 36.0 Å². The van der Waals surface area contributed by atoms with Gasteiger partial charge in [-0.15, -0.1) is 0 Å². The molecule has 2 rings (SSSR count). The molecular weight excluding hydrogens is 250 g/mol. The molecule has 1 aromatic rings. The second-order valence-corrected chi connectivity index (χ2v) is 5.98. The average Bonchev–Trinajstić information content (AvgIpc) is 2.34. The maximum Gasteiger partial charge on any atom is 0.319 e. The number of benzene rings is 1. The van der Waals surface area contributed by atoms with Crippen LogP contribution in [-0.4, -0.2) is 18.6 Å². The van der Waals surface area contributed by atoms with Crippen LogP contribution < -0.4 is 5.73 Å². The van der Waals surface area contributed by atoms with Crippen LogP contribution in [0.15, 0.2) is 18.2 Å². The van der Waals surface area contributed by atoms with Gasteiger partial charge in [-0.2, -0.15) is 0 Å². The summed E-state index contributed by atoms with van der Waals surface area (Å²) in [4.78, 5) is 11.5. The lowest BCUT2D eigenvalue weighted by Crippen LogP contribution is -2.33. The molecule has 20 heavy (non-hydrogen) atoms. The van der Waals surface area contributed by atoms with Crippen molar-refractivity contribution in [3.8, 4) is 0 Å². The van der Waals surface area contributed by atoms with Crippen LogP contribution in [0.2, 0.25) is 0 Å². The number of carbonyl (C=O) groups excluding carboxylic acids is 1. The number of ether oxygens (including phenoxy) is 1. The summed E-state index contributed by atoms with van der Waals surface area (Å²) < 4.78 is 5.49. The van der Waals surface area contributed by atoms with E-state index in [-0.39, 0.29) is 18.6 Å². The lowest BCUT2D eigenvalue weighted by atomic mass is 9.70. The van der Waals surface area contributed by atoms with Crippen LogP contribution in [-0.2, 0) is 9.53 Å². The molecule has 1 aliphatic carbocycles. The fourth-order valence-corrected chi connectivity index (χ4v) is 3.22. The zero-order valence-electron chi connectivity index (χ0n) is 12.7. The third-order valence-corrected chi connectivity index (χ3v) is 4.43. The van der Waals surface area contributed by atoms with Gasteiger partial charge in [0, 0.05) is 5.92 Å². The number of aryl methyl sites for hydroxylation is 2. The summed E-state index contributed by atoms with van der Waals surface area (Å²) in [5.41, 5.74) is 9.23. The Bertz CT molecular complexity index is 480. The fourth-order valence-electron chi connectivity index (χ4n) is 3.22. The lowest BCUT2D eigenvalue weighted by Gasteiger charge is -2.38. The predicted molar refractivity (Wildman–Crippen MR) is 80.6 cm³/mol. The molecule has 2 atom stereocenters. The number of carbonyl (C=O) groups is 1. The summed E-state index contributed by atoms with van der Waals surface area (Å²) in [5.74, 6) is 0.600. The van der Waals surface area contributed by atoms with Crippen LogP contribution in [0.3, 0.4) is 0 Å². The van der Waals surface area contributed by atoms with E-state index in [0.29, 0.717) is 11.8 Å². The molecule has 3 heteroatoms. The van der Waals surface area contributed by atoms with E-state index in [1.54, 1.807) is 0 Å². The number of rotatable bonds is 5. The fraction of sp³-hybridized carbons (Fsp3) is 0.588. The van der Waals surface area contributed by atoms with Gasteiger partial charge in [-0.25, -0.2) is 0 Å². The Morgan fingerprint density at radius 1 is 1.40 bits per heavy atom. The molecule has 1 aliphatic rings. The van der Waals surface area contributed by atoms with Gasteiger partial charge in [-0.3, -0.25) is 4.79 Å². The Balaban J connectivity index is 2.24. The van der Waals surface area contributed by atoms with Crippen molar-refractivity contribution in [3.63, 3.8) is 0 Å². The lowest BCUT2D eigenvalue weighted by molar-refractivity contribution is -0.148. The molecule has 0 heterocycles. The van der Waals surface area contributed by atoms with Gasteiger partial charge in [0.15, 0.2) is 0 Å². The maximum absolute atomic E-state index is 11.5. The molecule has 110 valence electrons. The predicted octanol–water partition coefficient (Wildman–Crippen LogP) is 3.08. The SMILES string of the molecule is Cc1ccc(C(C2CCC2)C(C)OC(=O)CN)c(C)c1. The first-order valence-corrected chi connectivity index (χ1v) is 7.49. The van der Waals surface area contributed by atoms with Gasteiger partial charge in [0.25, 0.3) is 0 Å². The van der Waals surface area contributed by atoms with Gasteiger partial charge in [0.05, 0.1) is 6.54 Å². The monoisotopic (exact) mass is 275 g/mol. The minimum atomic E-state index is -0.313. The van der Waals surface area contributed by atoms with E-state index in [0.717, 1.165) is 0 Å². The molecule has 0 saturated heterocycles. The Morgan fingerprint density at radius 2 is 2.10 bits per heavy atom. The summed E-state index contributed by atoms with van der Waals surface area (Å²) >= 11 is 0. The molecule has 0 radical (unpaired) electrons. The minimum Gasteiger partial charge on any atom is -0.461 e. The van der Waals surface area contributed by atoms with Crippen molar-refractivity contribution in [1.82, 2.24) is 0 Å². The quantitative estimate of drug-likeness (QED) is 0.840. The molecule has 1 aromatic carbocycles. The van der Waals surface area contributed by atoms with Crippen molar-refractivity contribution >= 4 is 5.97 Å². The minimum absolute atomic E-state index is 0.0470. The van der Waals surface area contributed by atoms with Crippen molar-refractivity contribution in [2.75, 3.05) is 6.54 Å². The van der Waals surface area contributed by atoms with Crippen molar-refractivity contribution in [2.24, 2.45) is 11.7 Å². The van der Waals surface area contributed by atoms with E-state index in [9.17, 15) is 4.79 Å². The first-order chi connectivity index (χ1) is 9.52. The van der Waals surface area contributed by atoms with Crippen molar-refractivity contribution in [2.45, 2.75) is 52.1 Å². The van der Waals surface area contributed by atoms with E-state index >= 15 is 0 Å². The van der Waals surface area contributed by atoms with Crippen LogP contribution in [0.5, 0.6) is 0 Å². The third-order valence-electron chi connectivity index (χ3n) is 4.43. The highest BCUT2D eigenvalue weighted by Crippen LogP contribution is 2.43. The Labute approximate surface area is 121 Å². The molecule has 1 saturated carbocycles. The highest BCUT2D eigenvalue weighted by molar-refractivity contribution is 5.71. The highest BCUT2D eigenvalue weighted by atomic mass is 16.5. The van der Waals surface area contributed by atoms with E-state index < -0.39 is 0 Å². The average molecular weight is 275 g/mol. The second-order valence-electron chi connectivity index (χ2n) is 5.98. The molecule has 0 bridgehead atoms. The summed E-state index contributed by atoms with van der Waals surface area (Å²) in [7, 11) is 0. The first-order valence-electron chi connectivity index (χ1n) is 7.49. The Kier molecular flexibility index (Phi) is 4.81. The van der Waals surface area contributed by atoms with Crippen LogP contribution in [0, 0.1) is 19.8 Å². The van der Waals surface area contributed by atoms with Crippen LogP contribution in [0.4, 0.5) is 0 Å². The second kappa shape index (κ2) is 6.40. The van der Waals surface area contributed by atoms with Gasteiger partial charge in [-0.05, 0) is 50.7 Å². The maximum atomic E-state index is 11.5. The zero-order valence-corrected chi connectivity index (χ0v) is 12.7. The molecule has 0 spiro atoms. The summed E-state index contributed by atoms with van der Waals surface area (Å²) in [5, 5.41) is 0. The van der Waals surface area contributed by atoms with Crippen LogP contribution >= 0.6 is 0 Å².